The van der Waals surface area contributed by atoms with Crippen LogP contribution in [-0.2, 0) is 0 Å². The van der Waals surface area contributed by atoms with E-state index < -0.39 is 5.91 Å². The number of amides is 3. The van der Waals surface area contributed by atoms with Crippen LogP contribution in [0.3, 0.4) is 0 Å². The highest BCUT2D eigenvalue weighted by atomic mass is 127. The minimum absolute atomic E-state index is 0.149. The summed E-state index contributed by atoms with van der Waals surface area (Å²) >= 11 is 2.18. The van der Waals surface area contributed by atoms with E-state index >= 15 is 0 Å². The second kappa shape index (κ2) is 6.56. The van der Waals surface area contributed by atoms with Gasteiger partial charge in [0.1, 0.15) is 0 Å². The quantitative estimate of drug-likeness (QED) is 0.458. The molecule has 2 aromatic rings. The lowest BCUT2D eigenvalue weighted by atomic mass is 10.1. The molecule has 0 bridgehead atoms. The number of halogens is 1. The molecule has 0 saturated heterocycles. The standard InChI is InChI=1S/C18H13IN2O3/c1-2-9-21-17(23)14-8-3-11(10-15(14)18(21)24)16(22)20-13-6-4-12(19)5-7-13/h2-8,10H,1,9H2,(H,20,22). The zero-order valence-electron chi connectivity index (χ0n) is 12.6. The van der Waals surface area contributed by atoms with Gasteiger partial charge in [0.25, 0.3) is 17.7 Å². The maximum Gasteiger partial charge on any atom is 0.261 e. The summed E-state index contributed by atoms with van der Waals surface area (Å²) in [6, 6.07) is 11.9. The van der Waals surface area contributed by atoms with Crippen LogP contribution in [0.25, 0.3) is 0 Å². The number of carbonyl (C=O) groups excluding carboxylic acids is 3. The van der Waals surface area contributed by atoms with Crippen LogP contribution in [0, 0.1) is 3.57 Å². The Morgan fingerprint density at radius 2 is 1.75 bits per heavy atom. The van der Waals surface area contributed by atoms with Crippen molar-refractivity contribution in [2.24, 2.45) is 0 Å². The Morgan fingerprint density at radius 1 is 1.08 bits per heavy atom. The molecule has 0 fully saturated rings. The second-order valence-electron chi connectivity index (χ2n) is 5.23. The lowest BCUT2D eigenvalue weighted by Gasteiger charge is -2.09. The molecule has 1 heterocycles. The van der Waals surface area contributed by atoms with Gasteiger partial charge >= 0.3 is 0 Å². The predicted octanol–water partition coefficient (Wildman–Crippen LogP) is 3.33. The van der Waals surface area contributed by atoms with Gasteiger partial charge in [-0.1, -0.05) is 6.08 Å². The lowest BCUT2D eigenvalue weighted by Crippen LogP contribution is -2.29. The van der Waals surface area contributed by atoms with Crippen LogP contribution in [0.15, 0.2) is 55.1 Å². The molecular formula is C18H13IN2O3. The van der Waals surface area contributed by atoms with Gasteiger partial charge in [0.05, 0.1) is 11.1 Å². The van der Waals surface area contributed by atoms with E-state index in [0.717, 1.165) is 8.47 Å². The third kappa shape index (κ3) is 2.96. The predicted molar refractivity (Wildman–Crippen MR) is 99.1 cm³/mol. The molecule has 1 aliphatic heterocycles. The first-order valence-corrected chi connectivity index (χ1v) is 8.27. The minimum atomic E-state index is -0.404. The van der Waals surface area contributed by atoms with Crippen molar-refractivity contribution in [2.75, 3.05) is 11.9 Å². The first-order valence-electron chi connectivity index (χ1n) is 7.19. The molecule has 0 radical (unpaired) electrons. The van der Waals surface area contributed by atoms with Crippen LogP contribution in [0.5, 0.6) is 0 Å². The fourth-order valence-corrected chi connectivity index (χ4v) is 2.82. The van der Waals surface area contributed by atoms with Crippen molar-refractivity contribution in [3.05, 3.63) is 75.4 Å². The van der Waals surface area contributed by atoms with E-state index in [4.69, 9.17) is 0 Å². The van der Waals surface area contributed by atoms with Gasteiger partial charge in [0.2, 0.25) is 0 Å². The van der Waals surface area contributed by atoms with E-state index in [2.05, 4.69) is 34.5 Å². The van der Waals surface area contributed by atoms with Crippen molar-refractivity contribution in [3.63, 3.8) is 0 Å². The first kappa shape index (κ1) is 16.4. The summed E-state index contributed by atoms with van der Waals surface area (Å²) in [7, 11) is 0. The van der Waals surface area contributed by atoms with E-state index in [-0.39, 0.29) is 23.9 Å². The molecular weight excluding hydrogens is 419 g/mol. The highest BCUT2D eigenvalue weighted by Crippen LogP contribution is 2.24. The molecule has 2 aromatic carbocycles. The maximum atomic E-state index is 12.4. The minimum Gasteiger partial charge on any atom is -0.322 e. The molecule has 6 heteroatoms. The smallest absolute Gasteiger partial charge is 0.261 e. The van der Waals surface area contributed by atoms with Crippen molar-refractivity contribution in [1.82, 2.24) is 4.90 Å². The Labute approximate surface area is 152 Å². The first-order chi connectivity index (χ1) is 11.5. The maximum absolute atomic E-state index is 12.4. The molecule has 0 aromatic heterocycles. The van der Waals surface area contributed by atoms with E-state index in [1.807, 2.05) is 12.1 Å². The summed E-state index contributed by atoms with van der Waals surface area (Å²) < 4.78 is 1.06. The molecule has 24 heavy (non-hydrogen) atoms. The highest BCUT2D eigenvalue weighted by molar-refractivity contribution is 14.1. The zero-order chi connectivity index (χ0) is 17.3. The van der Waals surface area contributed by atoms with Crippen molar-refractivity contribution in [2.45, 2.75) is 0 Å². The fourth-order valence-electron chi connectivity index (χ4n) is 2.46. The topological polar surface area (TPSA) is 66.5 Å². The van der Waals surface area contributed by atoms with Crippen LogP contribution in [0.4, 0.5) is 5.69 Å². The summed E-state index contributed by atoms with van der Waals surface area (Å²) in [6.07, 6.45) is 1.49. The van der Waals surface area contributed by atoms with Gasteiger partial charge in [-0.2, -0.15) is 0 Å². The van der Waals surface area contributed by atoms with Gasteiger partial charge in [-0.05, 0) is 65.1 Å². The Bertz CT molecular complexity index is 859. The number of imide groups is 1. The van der Waals surface area contributed by atoms with Crippen LogP contribution < -0.4 is 5.32 Å². The van der Waals surface area contributed by atoms with Crippen LogP contribution in [0.1, 0.15) is 31.1 Å². The largest absolute Gasteiger partial charge is 0.322 e. The molecule has 0 unspecified atom stereocenters. The van der Waals surface area contributed by atoms with Crippen molar-refractivity contribution >= 4 is 46.0 Å². The van der Waals surface area contributed by atoms with Crippen LogP contribution in [-0.4, -0.2) is 29.2 Å². The lowest BCUT2D eigenvalue weighted by molar-refractivity contribution is 0.0672. The number of anilines is 1. The van der Waals surface area contributed by atoms with Gasteiger partial charge in [-0.15, -0.1) is 6.58 Å². The van der Waals surface area contributed by atoms with Gasteiger partial charge in [0.15, 0.2) is 0 Å². The van der Waals surface area contributed by atoms with Gasteiger partial charge in [0, 0.05) is 21.4 Å². The Balaban J connectivity index is 1.86. The number of benzene rings is 2. The number of nitrogens with one attached hydrogen (secondary N) is 1. The van der Waals surface area contributed by atoms with Crippen molar-refractivity contribution in [3.8, 4) is 0 Å². The number of carbonyl (C=O) groups is 3. The number of hydrogen-bond donors (Lipinski definition) is 1. The van der Waals surface area contributed by atoms with E-state index in [1.165, 1.54) is 18.2 Å². The summed E-state index contributed by atoms with van der Waals surface area (Å²) in [6.45, 7) is 3.69. The number of nitrogens with zero attached hydrogens (tertiary/aromatic N) is 1. The van der Waals surface area contributed by atoms with Gasteiger partial charge in [-0.3, -0.25) is 19.3 Å². The highest BCUT2D eigenvalue weighted by Gasteiger charge is 2.35. The molecule has 120 valence electrons. The third-order valence-electron chi connectivity index (χ3n) is 3.65. The summed E-state index contributed by atoms with van der Waals surface area (Å²) in [5.74, 6) is -1.10. The summed E-state index contributed by atoms with van der Waals surface area (Å²) in [5, 5.41) is 2.77. The fraction of sp³-hybridized carbons (Fsp3) is 0.0556. The Kier molecular flexibility index (Phi) is 4.48. The Morgan fingerprint density at radius 3 is 2.42 bits per heavy atom. The van der Waals surface area contributed by atoms with Gasteiger partial charge < -0.3 is 5.32 Å². The van der Waals surface area contributed by atoms with Crippen molar-refractivity contribution in [1.29, 1.82) is 0 Å². The molecule has 0 atom stereocenters. The number of hydrogen-bond acceptors (Lipinski definition) is 3. The molecule has 5 nitrogen and oxygen atoms in total. The van der Waals surface area contributed by atoms with Crippen LogP contribution >= 0.6 is 22.6 Å². The monoisotopic (exact) mass is 432 g/mol. The Hall–Kier alpha value is -2.48. The van der Waals surface area contributed by atoms with E-state index in [0.29, 0.717) is 16.8 Å². The third-order valence-corrected chi connectivity index (χ3v) is 4.37. The molecule has 0 aliphatic carbocycles. The second-order valence-corrected chi connectivity index (χ2v) is 6.48. The zero-order valence-corrected chi connectivity index (χ0v) is 14.7. The van der Waals surface area contributed by atoms with Gasteiger partial charge in [-0.25, -0.2) is 0 Å². The van der Waals surface area contributed by atoms with E-state index in [9.17, 15) is 14.4 Å². The SMILES string of the molecule is C=CCN1C(=O)c2ccc(C(=O)Nc3ccc(I)cc3)cc2C1=O. The van der Waals surface area contributed by atoms with E-state index in [1.54, 1.807) is 18.2 Å². The van der Waals surface area contributed by atoms with Crippen molar-refractivity contribution < 1.29 is 14.4 Å². The average Bonchev–Trinajstić information content (AvgIpc) is 2.82. The number of rotatable bonds is 4. The molecule has 3 rings (SSSR count). The molecule has 3 amide bonds. The molecule has 1 aliphatic rings. The van der Waals surface area contributed by atoms with Crippen LogP contribution in [0.2, 0.25) is 0 Å². The number of fused-ring (bicyclic) bond motifs is 1. The molecule has 1 N–H and O–H groups in total. The molecule has 0 saturated carbocycles. The normalized spacial score (nSPS) is 13.0. The average molecular weight is 432 g/mol. The summed E-state index contributed by atoms with van der Waals surface area (Å²) in [5.41, 5.74) is 1.55. The molecule has 0 spiro atoms. The summed E-state index contributed by atoms with van der Waals surface area (Å²) in [4.78, 5) is 37.9.